The molecule has 1 amide bonds. The zero-order chi connectivity index (χ0) is 19.3. The number of benzene rings is 2. The van der Waals surface area contributed by atoms with E-state index in [1.54, 1.807) is 22.6 Å². The molecule has 2 aromatic carbocycles. The van der Waals surface area contributed by atoms with Crippen LogP contribution in [0.3, 0.4) is 0 Å². The number of rotatable bonds is 7. The Morgan fingerprint density at radius 2 is 2.00 bits per heavy atom. The summed E-state index contributed by atoms with van der Waals surface area (Å²) in [6, 6.07) is 17.0. The topological polar surface area (TPSA) is 75.6 Å². The Balaban J connectivity index is 1.53. The summed E-state index contributed by atoms with van der Waals surface area (Å²) < 4.78 is 1.76. The Morgan fingerprint density at radius 3 is 2.71 bits per heavy atom. The van der Waals surface area contributed by atoms with Gasteiger partial charge >= 0.3 is 0 Å². The van der Waals surface area contributed by atoms with Gasteiger partial charge in [0.25, 0.3) is 5.91 Å². The number of fused-ring (bicyclic) bond motifs is 1. The lowest BCUT2D eigenvalue weighted by Gasteiger charge is -2.16. The van der Waals surface area contributed by atoms with Gasteiger partial charge in [0.2, 0.25) is 0 Å². The van der Waals surface area contributed by atoms with Crippen LogP contribution in [0.25, 0.3) is 16.7 Å². The molecule has 2 N–H and O–H groups in total. The lowest BCUT2D eigenvalue weighted by atomic mass is 10.1. The first-order chi connectivity index (χ1) is 13.7. The molecule has 1 atom stereocenters. The average Bonchev–Trinajstić information content (AvgIpc) is 3.41. The van der Waals surface area contributed by atoms with E-state index >= 15 is 0 Å². The second kappa shape index (κ2) is 8.31. The van der Waals surface area contributed by atoms with Gasteiger partial charge in [-0.05, 0) is 60.9 Å². The van der Waals surface area contributed by atoms with Crippen molar-refractivity contribution in [1.29, 1.82) is 0 Å². The highest BCUT2D eigenvalue weighted by molar-refractivity contribution is 7.98. The van der Waals surface area contributed by atoms with Crippen molar-refractivity contribution in [3.05, 3.63) is 78.4 Å². The lowest BCUT2D eigenvalue weighted by Crippen LogP contribution is -2.29. The Kier molecular flexibility index (Phi) is 5.43. The first-order valence-corrected chi connectivity index (χ1v) is 10.5. The summed E-state index contributed by atoms with van der Waals surface area (Å²) in [4.78, 5) is 20.8. The number of thioether (sulfide) groups is 1. The van der Waals surface area contributed by atoms with Gasteiger partial charge in [0.05, 0.1) is 22.8 Å². The van der Waals surface area contributed by atoms with E-state index in [1.807, 2.05) is 60.8 Å². The van der Waals surface area contributed by atoms with Gasteiger partial charge in [0.15, 0.2) is 0 Å². The normalized spacial score (nSPS) is 12.2. The Morgan fingerprint density at radius 1 is 1.18 bits per heavy atom. The zero-order valence-corrected chi connectivity index (χ0v) is 16.3. The Labute approximate surface area is 167 Å². The van der Waals surface area contributed by atoms with Crippen molar-refractivity contribution in [2.24, 2.45) is 0 Å². The molecule has 4 rings (SSSR count). The molecule has 7 heteroatoms. The number of H-pyrrole nitrogens is 1. The highest BCUT2D eigenvalue weighted by Crippen LogP contribution is 2.21. The van der Waals surface area contributed by atoms with E-state index in [0.29, 0.717) is 5.56 Å². The van der Waals surface area contributed by atoms with Crippen LogP contribution in [0.15, 0.2) is 67.0 Å². The minimum atomic E-state index is -0.168. The quantitative estimate of drug-likeness (QED) is 0.500. The fourth-order valence-electron chi connectivity index (χ4n) is 3.08. The number of aromatic amines is 1. The Bertz CT molecular complexity index is 1020. The van der Waals surface area contributed by atoms with Crippen LogP contribution in [-0.2, 0) is 0 Å². The maximum atomic E-state index is 12.8. The van der Waals surface area contributed by atoms with Gasteiger partial charge in [-0.1, -0.05) is 12.1 Å². The maximum Gasteiger partial charge on any atom is 0.251 e. The molecule has 28 heavy (non-hydrogen) atoms. The van der Waals surface area contributed by atoms with Gasteiger partial charge in [0.1, 0.15) is 5.82 Å². The molecule has 4 aromatic rings. The molecule has 0 unspecified atom stereocenters. The molecule has 0 saturated heterocycles. The summed E-state index contributed by atoms with van der Waals surface area (Å²) in [6.45, 7) is 0. The number of amides is 1. The number of para-hydroxylation sites is 2. The van der Waals surface area contributed by atoms with Crippen LogP contribution < -0.4 is 5.32 Å². The molecule has 0 radical (unpaired) electrons. The monoisotopic (exact) mass is 391 g/mol. The predicted octanol–water partition coefficient (Wildman–Crippen LogP) is 3.97. The minimum Gasteiger partial charge on any atom is -0.342 e. The van der Waals surface area contributed by atoms with Crippen molar-refractivity contribution in [2.45, 2.75) is 12.5 Å². The number of carbonyl (C=O) groups excluding carboxylic acids is 1. The number of carbonyl (C=O) groups is 1. The molecule has 0 fully saturated rings. The second-order valence-corrected chi connectivity index (χ2v) is 7.43. The van der Waals surface area contributed by atoms with Crippen LogP contribution in [0.5, 0.6) is 0 Å². The van der Waals surface area contributed by atoms with Gasteiger partial charge in [-0.15, -0.1) is 0 Å². The van der Waals surface area contributed by atoms with Crippen molar-refractivity contribution in [3.8, 4) is 5.69 Å². The van der Waals surface area contributed by atoms with Crippen molar-refractivity contribution >= 4 is 28.7 Å². The third-order valence-electron chi connectivity index (χ3n) is 4.55. The summed E-state index contributed by atoms with van der Waals surface area (Å²) in [6.07, 6.45) is 6.46. The van der Waals surface area contributed by atoms with E-state index in [2.05, 4.69) is 26.6 Å². The molecule has 142 valence electrons. The van der Waals surface area contributed by atoms with E-state index in [-0.39, 0.29) is 11.9 Å². The first kappa shape index (κ1) is 18.3. The summed E-state index contributed by atoms with van der Waals surface area (Å²) >= 11 is 1.75. The van der Waals surface area contributed by atoms with Gasteiger partial charge in [-0.25, -0.2) is 9.67 Å². The maximum absolute atomic E-state index is 12.8. The molecule has 0 aliphatic rings. The SMILES string of the molecule is CSCC[C@H](NC(=O)c1ccc(-n2cccn2)cc1)c1nc2ccccc2[nH]1. The lowest BCUT2D eigenvalue weighted by molar-refractivity contribution is 0.0934. The van der Waals surface area contributed by atoms with E-state index in [1.165, 1.54) is 0 Å². The smallest absolute Gasteiger partial charge is 0.251 e. The fraction of sp³-hybridized carbons (Fsp3) is 0.190. The third-order valence-corrected chi connectivity index (χ3v) is 5.20. The highest BCUT2D eigenvalue weighted by atomic mass is 32.2. The van der Waals surface area contributed by atoms with Crippen LogP contribution >= 0.6 is 11.8 Å². The molecule has 0 aliphatic heterocycles. The van der Waals surface area contributed by atoms with Crippen molar-refractivity contribution in [2.75, 3.05) is 12.0 Å². The molecule has 6 nitrogen and oxygen atoms in total. The number of aromatic nitrogens is 4. The largest absolute Gasteiger partial charge is 0.342 e. The van der Waals surface area contributed by atoms with Gasteiger partial charge in [-0.2, -0.15) is 16.9 Å². The van der Waals surface area contributed by atoms with Crippen LogP contribution in [-0.4, -0.2) is 37.7 Å². The molecular formula is C21H21N5OS. The van der Waals surface area contributed by atoms with E-state index < -0.39 is 0 Å². The molecule has 0 spiro atoms. The first-order valence-electron chi connectivity index (χ1n) is 9.09. The number of hydrogen-bond acceptors (Lipinski definition) is 4. The van der Waals surface area contributed by atoms with Crippen molar-refractivity contribution in [3.63, 3.8) is 0 Å². The Hall–Kier alpha value is -3.06. The van der Waals surface area contributed by atoms with Crippen LogP contribution in [0.1, 0.15) is 28.6 Å². The highest BCUT2D eigenvalue weighted by Gasteiger charge is 2.19. The minimum absolute atomic E-state index is 0.112. The molecule has 0 bridgehead atoms. The molecular weight excluding hydrogens is 370 g/mol. The van der Waals surface area contributed by atoms with E-state index in [9.17, 15) is 4.79 Å². The zero-order valence-electron chi connectivity index (χ0n) is 15.5. The fourth-order valence-corrected chi connectivity index (χ4v) is 3.55. The summed E-state index contributed by atoms with van der Waals surface area (Å²) in [5.41, 5.74) is 3.41. The van der Waals surface area contributed by atoms with Gasteiger partial charge in [-0.3, -0.25) is 4.79 Å². The van der Waals surface area contributed by atoms with Gasteiger partial charge in [0, 0.05) is 18.0 Å². The van der Waals surface area contributed by atoms with Gasteiger partial charge < -0.3 is 10.3 Å². The third kappa shape index (κ3) is 3.94. The number of imidazole rings is 1. The summed E-state index contributed by atoms with van der Waals surface area (Å²) in [5, 5.41) is 7.34. The van der Waals surface area contributed by atoms with Crippen LogP contribution in [0.4, 0.5) is 0 Å². The molecule has 2 heterocycles. The number of nitrogens with zero attached hydrogens (tertiary/aromatic N) is 3. The van der Waals surface area contributed by atoms with E-state index in [4.69, 9.17) is 0 Å². The number of hydrogen-bond donors (Lipinski definition) is 2. The standard InChI is InChI=1S/C21H21N5OS/c1-28-14-11-19(20-23-17-5-2-3-6-18(17)24-20)25-21(27)15-7-9-16(10-8-15)26-13-4-12-22-26/h2-10,12-13,19H,11,14H2,1H3,(H,23,24)(H,25,27)/t19-/m0/s1. The summed E-state index contributed by atoms with van der Waals surface area (Å²) in [7, 11) is 0. The number of nitrogens with one attached hydrogen (secondary N) is 2. The van der Waals surface area contributed by atoms with Crippen molar-refractivity contribution in [1.82, 2.24) is 25.1 Å². The molecule has 0 aliphatic carbocycles. The molecule has 2 aromatic heterocycles. The average molecular weight is 392 g/mol. The predicted molar refractivity (Wildman–Crippen MR) is 113 cm³/mol. The van der Waals surface area contributed by atoms with E-state index in [0.717, 1.165) is 34.7 Å². The summed E-state index contributed by atoms with van der Waals surface area (Å²) in [5.74, 6) is 1.61. The second-order valence-electron chi connectivity index (χ2n) is 6.44. The molecule has 0 saturated carbocycles. The van der Waals surface area contributed by atoms with Crippen LogP contribution in [0, 0.1) is 0 Å². The van der Waals surface area contributed by atoms with Crippen molar-refractivity contribution < 1.29 is 4.79 Å². The van der Waals surface area contributed by atoms with Crippen LogP contribution in [0.2, 0.25) is 0 Å².